The average molecular weight is 402 g/mol. The van der Waals surface area contributed by atoms with E-state index < -0.39 is 11.9 Å². The van der Waals surface area contributed by atoms with Crippen LogP contribution in [0.15, 0.2) is 78.4 Å². The first-order valence-electron chi connectivity index (χ1n) is 10.0. The summed E-state index contributed by atoms with van der Waals surface area (Å²) >= 11 is 0. The molecule has 0 N–H and O–H groups in total. The summed E-state index contributed by atoms with van der Waals surface area (Å²) in [5, 5.41) is 0. The Bertz CT molecular complexity index is 1010. The van der Waals surface area contributed by atoms with E-state index in [4.69, 9.17) is 9.47 Å². The molecule has 0 amide bonds. The lowest BCUT2D eigenvalue weighted by molar-refractivity contribution is -0.131. The van der Waals surface area contributed by atoms with Gasteiger partial charge in [-0.2, -0.15) is 0 Å². The van der Waals surface area contributed by atoms with Crippen molar-refractivity contribution < 1.29 is 19.1 Å². The van der Waals surface area contributed by atoms with E-state index in [0.29, 0.717) is 41.4 Å². The minimum absolute atomic E-state index is 0.351. The van der Waals surface area contributed by atoms with Crippen molar-refractivity contribution in [3.63, 3.8) is 0 Å². The first-order valence-corrected chi connectivity index (χ1v) is 10.0. The first kappa shape index (κ1) is 21.3. The fourth-order valence-electron chi connectivity index (χ4n) is 3.00. The Morgan fingerprint density at radius 1 is 0.800 bits per heavy atom. The Kier molecular flexibility index (Phi) is 6.68. The summed E-state index contributed by atoms with van der Waals surface area (Å²) in [7, 11) is 0. The molecular weight excluding hydrogens is 376 g/mol. The number of benzene rings is 2. The third kappa shape index (κ3) is 5.35. The smallest absolute Gasteiger partial charge is 0.339 e. The average Bonchev–Trinajstić information content (AvgIpc) is 2.75. The third-order valence-corrected chi connectivity index (χ3v) is 5.04. The van der Waals surface area contributed by atoms with Crippen molar-refractivity contribution in [2.75, 3.05) is 0 Å². The van der Waals surface area contributed by atoms with E-state index in [1.807, 2.05) is 31.2 Å². The van der Waals surface area contributed by atoms with E-state index in [1.54, 1.807) is 36.4 Å². The lowest BCUT2D eigenvalue weighted by Gasteiger charge is -2.14. The minimum atomic E-state index is -0.410. The predicted octanol–water partition coefficient (Wildman–Crippen LogP) is 5.82. The highest BCUT2D eigenvalue weighted by atomic mass is 16.5. The number of hydrogen-bond acceptors (Lipinski definition) is 4. The molecule has 2 aromatic carbocycles. The van der Waals surface area contributed by atoms with Crippen LogP contribution in [0.3, 0.4) is 0 Å². The summed E-state index contributed by atoms with van der Waals surface area (Å²) in [6, 6.07) is 14.6. The van der Waals surface area contributed by atoms with Crippen LogP contribution in [-0.2, 0) is 9.59 Å². The molecule has 4 heteroatoms. The highest BCUT2D eigenvalue weighted by molar-refractivity contribution is 5.95. The third-order valence-electron chi connectivity index (χ3n) is 5.04. The molecular formula is C26H26O4. The zero-order chi connectivity index (χ0) is 21.7. The van der Waals surface area contributed by atoms with E-state index >= 15 is 0 Å². The van der Waals surface area contributed by atoms with Gasteiger partial charge in [-0.25, -0.2) is 9.59 Å². The number of esters is 2. The molecule has 0 aliphatic heterocycles. The van der Waals surface area contributed by atoms with Gasteiger partial charge < -0.3 is 9.47 Å². The van der Waals surface area contributed by atoms with Crippen LogP contribution in [-0.4, -0.2) is 11.9 Å². The molecule has 30 heavy (non-hydrogen) atoms. The fraction of sp³-hybridized carbons (Fsp3) is 0.231. The zero-order valence-electron chi connectivity index (χ0n) is 17.6. The van der Waals surface area contributed by atoms with Gasteiger partial charge in [-0.1, -0.05) is 62.4 Å². The van der Waals surface area contributed by atoms with Crippen LogP contribution in [0.25, 0.3) is 5.57 Å². The summed E-state index contributed by atoms with van der Waals surface area (Å²) < 4.78 is 10.9. The molecule has 0 heterocycles. The molecule has 0 spiro atoms. The van der Waals surface area contributed by atoms with E-state index in [9.17, 15) is 9.59 Å². The Labute approximate surface area is 177 Å². The summed E-state index contributed by atoms with van der Waals surface area (Å²) in [6.07, 6.45) is 4.12. The van der Waals surface area contributed by atoms with Gasteiger partial charge in [0, 0.05) is 11.1 Å². The van der Waals surface area contributed by atoms with Crippen LogP contribution < -0.4 is 9.47 Å². The Morgan fingerprint density at radius 2 is 1.23 bits per heavy atom. The maximum Gasteiger partial charge on any atom is 0.339 e. The summed E-state index contributed by atoms with van der Waals surface area (Å²) in [6.45, 7) is 10.2. The number of carbonyl (C=O) groups excluding carboxylic acids is 2. The van der Waals surface area contributed by atoms with Gasteiger partial charge in [-0.05, 0) is 61.1 Å². The van der Waals surface area contributed by atoms with Crippen LogP contribution in [0, 0.1) is 12.8 Å². The van der Waals surface area contributed by atoms with Crippen molar-refractivity contribution in [1.82, 2.24) is 0 Å². The normalized spacial score (nSPS) is 13.3. The highest BCUT2D eigenvalue weighted by Gasteiger charge is 2.20. The molecule has 0 fully saturated rings. The molecule has 1 aliphatic carbocycles. The SMILES string of the molecule is C=C(c1ccc(OC(=O)C2=CC=C(C(=O)Oc3ccc(C)cc3)CC2)cc1)C(C)C. The standard InChI is InChI=1S/C26H26O4/c1-17(2)19(4)20-11-15-24(16-12-20)30-26(28)22-9-7-21(8-10-22)25(27)29-23-13-5-18(3)6-14-23/h5-7,9,11-17H,4,8,10H2,1-3H3. The number of carbonyl (C=O) groups is 2. The van der Waals surface area contributed by atoms with Gasteiger partial charge in [0.1, 0.15) is 11.5 Å². The van der Waals surface area contributed by atoms with Gasteiger partial charge in [0.25, 0.3) is 0 Å². The number of ether oxygens (including phenoxy) is 2. The molecule has 154 valence electrons. The second-order valence-corrected chi connectivity index (χ2v) is 7.68. The van der Waals surface area contributed by atoms with Crippen LogP contribution in [0.5, 0.6) is 11.5 Å². The molecule has 0 atom stereocenters. The van der Waals surface area contributed by atoms with Crippen LogP contribution in [0.4, 0.5) is 0 Å². The quantitative estimate of drug-likeness (QED) is 0.451. The largest absolute Gasteiger partial charge is 0.423 e. The van der Waals surface area contributed by atoms with Crippen molar-refractivity contribution in [2.24, 2.45) is 5.92 Å². The Hall–Kier alpha value is -3.40. The Morgan fingerprint density at radius 3 is 1.63 bits per heavy atom. The van der Waals surface area contributed by atoms with E-state index in [2.05, 4.69) is 20.4 Å². The van der Waals surface area contributed by atoms with Crippen molar-refractivity contribution in [1.29, 1.82) is 0 Å². The first-order chi connectivity index (χ1) is 14.3. The van der Waals surface area contributed by atoms with Gasteiger partial charge in [0.05, 0.1) is 0 Å². The molecule has 1 aliphatic rings. The molecule has 3 rings (SSSR count). The van der Waals surface area contributed by atoms with Gasteiger partial charge in [-0.15, -0.1) is 0 Å². The van der Waals surface area contributed by atoms with Crippen molar-refractivity contribution in [2.45, 2.75) is 33.6 Å². The van der Waals surface area contributed by atoms with Crippen molar-refractivity contribution in [3.05, 3.63) is 89.5 Å². The fourth-order valence-corrected chi connectivity index (χ4v) is 3.00. The number of allylic oxidation sites excluding steroid dienone is 3. The molecule has 0 aromatic heterocycles. The second-order valence-electron chi connectivity index (χ2n) is 7.68. The summed E-state index contributed by atoms with van der Waals surface area (Å²) in [5.74, 6) is 0.527. The zero-order valence-corrected chi connectivity index (χ0v) is 17.6. The highest BCUT2D eigenvalue weighted by Crippen LogP contribution is 2.25. The number of aryl methyl sites for hydroxylation is 1. The van der Waals surface area contributed by atoms with Crippen molar-refractivity contribution in [3.8, 4) is 11.5 Å². The summed E-state index contributed by atoms with van der Waals surface area (Å²) in [5.41, 5.74) is 4.22. The molecule has 2 aromatic rings. The molecule has 0 saturated carbocycles. The number of rotatable bonds is 6. The van der Waals surface area contributed by atoms with Gasteiger partial charge >= 0.3 is 11.9 Å². The lowest BCUT2D eigenvalue weighted by atomic mass is 9.97. The van der Waals surface area contributed by atoms with Crippen molar-refractivity contribution >= 4 is 17.5 Å². The maximum absolute atomic E-state index is 12.4. The molecule has 0 bridgehead atoms. The monoisotopic (exact) mass is 402 g/mol. The molecule has 0 unspecified atom stereocenters. The van der Waals surface area contributed by atoms with Gasteiger partial charge in [0.2, 0.25) is 0 Å². The Balaban J connectivity index is 1.60. The lowest BCUT2D eigenvalue weighted by Crippen LogP contribution is -2.17. The van der Waals surface area contributed by atoms with E-state index in [-0.39, 0.29) is 0 Å². The summed E-state index contributed by atoms with van der Waals surface area (Å²) in [4.78, 5) is 24.8. The topological polar surface area (TPSA) is 52.6 Å². The van der Waals surface area contributed by atoms with E-state index in [0.717, 1.165) is 16.7 Å². The van der Waals surface area contributed by atoms with Crippen LogP contribution in [0.2, 0.25) is 0 Å². The van der Waals surface area contributed by atoms with Crippen LogP contribution >= 0.6 is 0 Å². The second kappa shape index (κ2) is 9.40. The number of hydrogen-bond donors (Lipinski definition) is 0. The predicted molar refractivity (Wildman–Crippen MR) is 118 cm³/mol. The molecule has 4 nitrogen and oxygen atoms in total. The van der Waals surface area contributed by atoms with Gasteiger partial charge in [0.15, 0.2) is 0 Å². The molecule has 0 radical (unpaired) electrons. The minimum Gasteiger partial charge on any atom is -0.423 e. The van der Waals surface area contributed by atoms with Gasteiger partial charge in [-0.3, -0.25) is 0 Å². The maximum atomic E-state index is 12.4. The van der Waals surface area contributed by atoms with E-state index in [1.165, 1.54) is 0 Å². The van der Waals surface area contributed by atoms with Crippen LogP contribution in [0.1, 0.15) is 37.8 Å². The molecule has 0 saturated heterocycles.